The number of carbonyl (C=O) groups excluding carboxylic acids is 1. The van der Waals surface area contributed by atoms with Gasteiger partial charge in [0.25, 0.3) is 0 Å². The van der Waals surface area contributed by atoms with Crippen molar-refractivity contribution in [2.24, 2.45) is 10.8 Å². The summed E-state index contributed by atoms with van der Waals surface area (Å²) < 4.78 is 0. The van der Waals surface area contributed by atoms with E-state index in [4.69, 9.17) is 0 Å². The van der Waals surface area contributed by atoms with E-state index in [-0.39, 0.29) is 10.8 Å². The maximum absolute atomic E-state index is 10.7. The summed E-state index contributed by atoms with van der Waals surface area (Å²) in [6.07, 6.45) is 1.99. The van der Waals surface area contributed by atoms with Gasteiger partial charge in [-0.15, -0.1) is 0 Å². The summed E-state index contributed by atoms with van der Waals surface area (Å²) >= 11 is 0. The molecule has 1 nitrogen and oxygen atoms in total. The summed E-state index contributed by atoms with van der Waals surface area (Å²) in [5, 5.41) is 0. The summed E-state index contributed by atoms with van der Waals surface area (Å²) in [6.45, 7) is 10.4. The van der Waals surface area contributed by atoms with E-state index in [1.807, 2.05) is 6.92 Å². The molecule has 0 aromatic heterocycles. The van der Waals surface area contributed by atoms with Crippen molar-refractivity contribution in [3.8, 4) is 0 Å². The van der Waals surface area contributed by atoms with Crippen molar-refractivity contribution in [2.75, 3.05) is 0 Å². The fourth-order valence-electron chi connectivity index (χ4n) is 0.790. The van der Waals surface area contributed by atoms with Gasteiger partial charge < -0.3 is 4.79 Å². The third-order valence-electron chi connectivity index (χ3n) is 2.71. The predicted octanol–water partition coefficient (Wildman–Crippen LogP) is 2.65. The molecule has 1 heteroatoms. The zero-order valence-corrected chi connectivity index (χ0v) is 7.69. The first-order chi connectivity index (χ1) is 4.37. The Bertz CT molecular complexity index is 121. The van der Waals surface area contributed by atoms with Crippen LogP contribution < -0.4 is 0 Å². The van der Waals surface area contributed by atoms with Crippen LogP contribution in [-0.4, -0.2) is 6.29 Å². The van der Waals surface area contributed by atoms with Crippen LogP contribution in [0.3, 0.4) is 0 Å². The third kappa shape index (κ3) is 1.59. The Morgan fingerprint density at radius 2 is 1.60 bits per heavy atom. The maximum Gasteiger partial charge on any atom is 0.126 e. The highest BCUT2D eigenvalue weighted by Crippen LogP contribution is 2.38. The normalized spacial score (nSPS) is 18.1. The van der Waals surface area contributed by atoms with Gasteiger partial charge in [0.2, 0.25) is 0 Å². The average Bonchev–Trinajstić information content (AvgIpc) is 1.84. The van der Waals surface area contributed by atoms with Crippen molar-refractivity contribution >= 4 is 6.29 Å². The lowest BCUT2D eigenvalue weighted by atomic mass is 9.67. The van der Waals surface area contributed by atoms with Crippen LogP contribution in [0, 0.1) is 10.8 Å². The molecule has 1 atom stereocenters. The van der Waals surface area contributed by atoms with Crippen LogP contribution in [0.15, 0.2) is 0 Å². The zero-order chi connectivity index (χ0) is 8.41. The van der Waals surface area contributed by atoms with Crippen molar-refractivity contribution in [3.63, 3.8) is 0 Å². The van der Waals surface area contributed by atoms with Crippen LogP contribution >= 0.6 is 0 Å². The van der Waals surface area contributed by atoms with Crippen molar-refractivity contribution < 1.29 is 4.79 Å². The molecule has 0 N–H and O–H groups in total. The minimum atomic E-state index is -0.160. The molecule has 0 fully saturated rings. The Morgan fingerprint density at radius 1 is 1.20 bits per heavy atom. The van der Waals surface area contributed by atoms with E-state index >= 15 is 0 Å². The minimum Gasteiger partial charge on any atom is -0.303 e. The monoisotopic (exact) mass is 142 g/mol. The van der Waals surface area contributed by atoms with Gasteiger partial charge in [-0.25, -0.2) is 0 Å². The SMILES string of the molecule is CCC(C)(C=O)C(C)(C)C. The Labute approximate surface area is 63.8 Å². The fraction of sp³-hybridized carbons (Fsp3) is 0.889. The van der Waals surface area contributed by atoms with Crippen LogP contribution in [0.4, 0.5) is 0 Å². The molecule has 1 unspecified atom stereocenters. The van der Waals surface area contributed by atoms with Gasteiger partial charge >= 0.3 is 0 Å². The average molecular weight is 142 g/mol. The van der Waals surface area contributed by atoms with E-state index < -0.39 is 0 Å². The van der Waals surface area contributed by atoms with Gasteiger partial charge in [0.05, 0.1) is 0 Å². The molecule has 0 saturated carbocycles. The lowest BCUT2D eigenvalue weighted by Crippen LogP contribution is -2.33. The molecule has 0 saturated heterocycles. The predicted molar refractivity (Wildman–Crippen MR) is 43.9 cm³/mol. The van der Waals surface area contributed by atoms with E-state index in [1.165, 1.54) is 0 Å². The third-order valence-corrected chi connectivity index (χ3v) is 2.71. The molecule has 0 aliphatic carbocycles. The number of hydrogen-bond acceptors (Lipinski definition) is 1. The topological polar surface area (TPSA) is 17.1 Å². The Kier molecular flexibility index (Phi) is 2.64. The molecule has 0 bridgehead atoms. The van der Waals surface area contributed by atoms with Crippen LogP contribution in [0.1, 0.15) is 41.0 Å². The number of aldehydes is 1. The smallest absolute Gasteiger partial charge is 0.126 e. The quantitative estimate of drug-likeness (QED) is 0.542. The van der Waals surface area contributed by atoms with Crippen LogP contribution in [0.2, 0.25) is 0 Å². The highest BCUT2D eigenvalue weighted by molar-refractivity contribution is 5.59. The standard InChI is InChI=1S/C9H18O/c1-6-9(5,7-10)8(2,3)4/h7H,6H2,1-5H3. The summed E-state index contributed by atoms with van der Waals surface area (Å²) in [5.74, 6) is 0. The largest absolute Gasteiger partial charge is 0.303 e. The molecular formula is C9H18O. The minimum absolute atomic E-state index is 0.0868. The van der Waals surface area contributed by atoms with Gasteiger partial charge in [-0.3, -0.25) is 0 Å². The van der Waals surface area contributed by atoms with Crippen molar-refractivity contribution in [1.29, 1.82) is 0 Å². The lowest BCUT2D eigenvalue weighted by molar-refractivity contribution is -0.120. The van der Waals surface area contributed by atoms with E-state index in [0.717, 1.165) is 12.7 Å². The maximum atomic E-state index is 10.7. The van der Waals surface area contributed by atoms with Gasteiger partial charge in [-0.1, -0.05) is 34.6 Å². The molecule has 0 aliphatic heterocycles. The van der Waals surface area contributed by atoms with Crippen molar-refractivity contribution in [3.05, 3.63) is 0 Å². The summed E-state index contributed by atoms with van der Waals surface area (Å²) in [6, 6.07) is 0. The first-order valence-electron chi connectivity index (χ1n) is 3.84. The molecule has 0 aromatic rings. The summed E-state index contributed by atoms with van der Waals surface area (Å²) in [4.78, 5) is 10.7. The molecule has 0 radical (unpaired) electrons. The molecule has 0 aliphatic rings. The van der Waals surface area contributed by atoms with Crippen molar-refractivity contribution in [2.45, 2.75) is 41.0 Å². The van der Waals surface area contributed by atoms with Crippen molar-refractivity contribution in [1.82, 2.24) is 0 Å². The van der Waals surface area contributed by atoms with E-state index in [2.05, 4.69) is 27.7 Å². The second kappa shape index (κ2) is 2.73. The lowest BCUT2D eigenvalue weighted by Gasteiger charge is -2.36. The summed E-state index contributed by atoms with van der Waals surface area (Å²) in [5.41, 5.74) is -0.0729. The molecule has 0 rings (SSSR count). The molecule has 0 amide bonds. The second-order valence-electron chi connectivity index (χ2n) is 4.14. The number of rotatable bonds is 2. The Balaban J connectivity index is 4.48. The highest BCUT2D eigenvalue weighted by atomic mass is 16.1. The van der Waals surface area contributed by atoms with Crippen LogP contribution in [0.25, 0.3) is 0 Å². The van der Waals surface area contributed by atoms with Gasteiger partial charge in [0, 0.05) is 5.41 Å². The number of carbonyl (C=O) groups is 1. The van der Waals surface area contributed by atoms with Crippen LogP contribution in [0.5, 0.6) is 0 Å². The van der Waals surface area contributed by atoms with Gasteiger partial charge in [-0.05, 0) is 11.8 Å². The first-order valence-corrected chi connectivity index (χ1v) is 3.84. The van der Waals surface area contributed by atoms with E-state index in [9.17, 15) is 4.79 Å². The van der Waals surface area contributed by atoms with E-state index in [0.29, 0.717) is 0 Å². The fourth-order valence-corrected chi connectivity index (χ4v) is 0.790. The Morgan fingerprint density at radius 3 is 1.60 bits per heavy atom. The van der Waals surface area contributed by atoms with Gasteiger partial charge in [0.15, 0.2) is 0 Å². The molecule has 60 valence electrons. The van der Waals surface area contributed by atoms with Crippen LogP contribution in [-0.2, 0) is 4.79 Å². The molecule has 0 heterocycles. The molecular weight excluding hydrogens is 124 g/mol. The first kappa shape index (κ1) is 9.67. The summed E-state index contributed by atoms with van der Waals surface area (Å²) in [7, 11) is 0. The van der Waals surface area contributed by atoms with E-state index in [1.54, 1.807) is 0 Å². The van der Waals surface area contributed by atoms with Gasteiger partial charge in [0.1, 0.15) is 6.29 Å². The zero-order valence-electron chi connectivity index (χ0n) is 7.69. The second-order valence-corrected chi connectivity index (χ2v) is 4.14. The molecule has 0 spiro atoms. The highest BCUT2D eigenvalue weighted by Gasteiger charge is 2.35. The number of hydrogen-bond donors (Lipinski definition) is 0. The molecule has 10 heavy (non-hydrogen) atoms. The Hall–Kier alpha value is -0.330. The van der Waals surface area contributed by atoms with Gasteiger partial charge in [-0.2, -0.15) is 0 Å². The molecule has 0 aromatic carbocycles.